The number of benzene rings is 2. The molecule has 0 saturated heterocycles. The number of carbonyl (C=O) groups is 1. The molecule has 5 heteroatoms. The highest BCUT2D eigenvalue weighted by atomic mass is 19.1. The Kier molecular flexibility index (Phi) is 5.38. The number of aromatic nitrogens is 1. The van der Waals surface area contributed by atoms with Crippen LogP contribution in [-0.2, 0) is 0 Å². The van der Waals surface area contributed by atoms with Crippen LogP contribution in [0.3, 0.4) is 0 Å². The highest BCUT2D eigenvalue weighted by Gasteiger charge is 2.20. The molecule has 0 spiro atoms. The fourth-order valence-electron chi connectivity index (χ4n) is 3.46. The lowest BCUT2D eigenvalue weighted by atomic mass is 9.99. The van der Waals surface area contributed by atoms with Crippen molar-refractivity contribution in [1.29, 1.82) is 0 Å². The summed E-state index contributed by atoms with van der Waals surface area (Å²) in [4.78, 5) is 21.1. The van der Waals surface area contributed by atoms with Gasteiger partial charge in [-0.1, -0.05) is 36.4 Å². The van der Waals surface area contributed by atoms with Gasteiger partial charge in [0.05, 0.1) is 5.56 Å². The minimum absolute atomic E-state index is 0.0270. The van der Waals surface area contributed by atoms with Crippen molar-refractivity contribution in [2.24, 2.45) is 0 Å². The van der Waals surface area contributed by atoms with E-state index < -0.39 is 0 Å². The average molecular weight is 387 g/mol. The normalized spacial score (nSPS) is 13.7. The van der Waals surface area contributed by atoms with Crippen LogP contribution in [0.5, 0.6) is 0 Å². The molecule has 0 unspecified atom stereocenters. The van der Waals surface area contributed by atoms with E-state index in [-0.39, 0.29) is 11.7 Å². The van der Waals surface area contributed by atoms with Gasteiger partial charge in [0.2, 0.25) is 0 Å². The molecule has 0 saturated carbocycles. The summed E-state index contributed by atoms with van der Waals surface area (Å²) in [5.74, 6) is 0.515. The van der Waals surface area contributed by atoms with Crippen molar-refractivity contribution in [3.63, 3.8) is 0 Å². The maximum atomic E-state index is 13.1. The number of amides is 1. The SMILES string of the molecule is CN(c1ccccc1)c1ccc(C(=O)N2CC=C(c3ccc(F)cc3)CC2)cn1. The highest BCUT2D eigenvalue weighted by molar-refractivity contribution is 5.94. The van der Waals surface area contributed by atoms with E-state index in [4.69, 9.17) is 0 Å². The zero-order chi connectivity index (χ0) is 20.2. The molecule has 3 aromatic rings. The molecule has 4 nitrogen and oxygen atoms in total. The van der Waals surface area contributed by atoms with E-state index in [1.54, 1.807) is 18.3 Å². The molecule has 0 atom stereocenters. The standard InChI is InChI=1S/C24H22FN3O/c1-27(22-5-3-2-4-6-22)23-12-9-20(17-26-23)24(29)28-15-13-19(14-16-28)18-7-10-21(25)11-8-18/h2-13,17H,14-16H2,1H3. The Morgan fingerprint density at radius 2 is 1.79 bits per heavy atom. The highest BCUT2D eigenvalue weighted by Crippen LogP contribution is 2.24. The second-order valence-electron chi connectivity index (χ2n) is 7.04. The van der Waals surface area contributed by atoms with Crippen LogP contribution in [0, 0.1) is 5.82 Å². The smallest absolute Gasteiger partial charge is 0.255 e. The molecule has 0 fully saturated rings. The summed E-state index contributed by atoms with van der Waals surface area (Å²) >= 11 is 0. The number of para-hydroxylation sites is 1. The van der Waals surface area contributed by atoms with Crippen LogP contribution < -0.4 is 4.90 Å². The maximum absolute atomic E-state index is 13.1. The van der Waals surface area contributed by atoms with E-state index in [1.165, 1.54) is 12.1 Å². The molecule has 4 rings (SSSR count). The number of rotatable bonds is 4. The van der Waals surface area contributed by atoms with E-state index >= 15 is 0 Å². The lowest BCUT2D eigenvalue weighted by molar-refractivity contribution is 0.0772. The first-order valence-electron chi connectivity index (χ1n) is 9.61. The largest absolute Gasteiger partial charge is 0.335 e. The lowest BCUT2D eigenvalue weighted by Gasteiger charge is -2.27. The van der Waals surface area contributed by atoms with Gasteiger partial charge >= 0.3 is 0 Å². The van der Waals surface area contributed by atoms with Gasteiger partial charge in [-0.2, -0.15) is 0 Å². The van der Waals surface area contributed by atoms with Gasteiger partial charge in [0.15, 0.2) is 0 Å². The molecule has 29 heavy (non-hydrogen) atoms. The van der Waals surface area contributed by atoms with Gasteiger partial charge in [0, 0.05) is 32.0 Å². The number of halogens is 1. The first-order valence-corrected chi connectivity index (χ1v) is 9.61. The molecule has 2 heterocycles. The summed E-state index contributed by atoms with van der Waals surface area (Å²) < 4.78 is 13.1. The summed E-state index contributed by atoms with van der Waals surface area (Å²) in [7, 11) is 1.95. The monoisotopic (exact) mass is 387 g/mol. The van der Waals surface area contributed by atoms with E-state index in [0.717, 1.165) is 29.1 Å². The Balaban J connectivity index is 1.43. The van der Waals surface area contributed by atoms with Crippen molar-refractivity contribution in [2.45, 2.75) is 6.42 Å². The first-order chi connectivity index (χ1) is 14.1. The maximum Gasteiger partial charge on any atom is 0.255 e. The molecular weight excluding hydrogens is 365 g/mol. The van der Waals surface area contributed by atoms with Crippen LogP contribution in [0.1, 0.15) is 22.3 Å². The quantitative estimate of drug-likeness (QED) is 0.638. The molecule has 1 aliphatic heterocycles. The number of carbonyl (C=O) groups excluding carboxylic acids is 1. The Bertz CT molecular complexity index is 1010. The van der Waals surface area contributed by atoms with Gasteiger partial charge in [-0.15, -0.1) is 0 Å². The number of nitrogens with zero attached hydrogens (tertiary/aromatic N) is 3. The van der Waals surface area contributed by atoms with Gasteiger partial charge < -0.3 is 9.80 Å². The second-order valence-corrected chi connectivity index (χ2v) is 7.04. The topological polar surface area (TPSA) is 36.4 Å². The van der Waals surface area contributed by atoms with E-state index in [0.29, 0.717) is 18.7 Å². The number of anilines is 2. The summed E-state index contributed by atoms with van der Waals surface area (Å²) in [6.07, 6.45) is 4.43. The first kappa shape index (κ1) is 18.9. The Morgan fingerprint density at radius 3 is 2.41 bits per heavy atom. The van der Waals surface area contributed by atoms with Gasteiger partial charge in [0.1, 0.15) is 11.6 Å². The Morgan fingerprint density at radius 1 is 1.03 bits per heavy atom. The molecule has 0 N–H and O–H groups in total. The molecule has 0 bridgehead atoms. The summed E-state index contributed by atoms with van der Waals surface area (Å²) in [6.45, 7) is 1.17. The summed E-state index contributed by atoms with van der Waals surface area (Å²) in [6, 6.07) is 20.1. The number of pyridine rings is 1. The van der Waals surface area contributed by atoms with Crippen LogP contribution in [-0.4, -0.2) is 35.9 Å². The Hall–Kier alpha value is -3.47. The lowest BCUT2D eigenvalue weighted by Crippen LogP contribution is -2.34. The number of hydrogen-bond acceptors (Lipinski definition) is 3. The van der Waals surface area contributed by atoms with Gasteiger partial charge in [-0.3, -0.25) is 4.79 Å². The zero-order valence-corrected chi connectivity index (χ0v) is 16.3. The summed E-state index contributed by atoms with van der Waals surface area (Å²) in [5, 5.41) is 0. The zero-order valence-electron chi connectivity index (χ0n) is 16.3. The predicted octanol–water partition coefficient (Wildman–Crippen LogP) is 4.92. The predicted molar refractivity (Wildman–Crippen MR) is 114 cm³/mol. The Labute approximate surface area is 169 Å². The molecule has 0 radical (unpaired) electrons. The summed E-state index contributed by atoms with van der Waals surface area (Å²) in [5.41, 5.74) is 3.77. The van der Waals surface area contributed by atoms with E-state index in [1.807, 2.05) is 65.4 Å². The van der Waals surface area contributed by atoms with Gasteiger partial charge in [-0.05, 0) is 54.0 Å². The van der Waals surface area contributed by atoms with Gasteiger partial charge in [0.25, 0.3) is 5.91 Å². The van der Waals surface area contributed by atoms with Crippen LogP contribution >= 0.6 is 0 Å². The molecule has 2 aromatic carbocycles. The van der Waals surface area contributed by atoms with Crippen LogP contribution in [0.25, 0.3) is 5.57 Å². The molecule has 1 aliphatic rings. The molecule has 0 aliphatic carbocycles. The van der Waals surface area contributed by atoms with Crippen molar-refractivity contribution in [1.82, 2.24) is 9.88 Å². The fraction of sp³-hybridized carbons (Fsp3) is 0.167. The van der Waals surface area contributed by atoms with Crippen molar-refractivity contribution in [3.05, 3.63) is 95.9 Å². The second kappa shape index (κ2) is 8.27. The minimum Gasteiger partial charge on any atom is -0.335 e. The third kappa shape index (κ3) is 4.19. The third-order valence-corrected chi connectivity index (χ3v) is 5.19. The molecule has 1 aromatic heterocycles. The van der Waals surface area contributed by atoms with E-state index in [2.05, 4.69) is 4.98 Å². The fourth-order valence-corrected chi connectivity index (χ4v) is 3.46. The van der Waals surface area contributed by atoms with E-state index in [9.17, 15) is 9.18 Å². The van der Waals surface area contributed by atoms with Crippen molar-refractivity contribution in [2.75, 3.05) is 25.0 Å². The minimum atomic E-state index is -0.240. The van der Waals surface area contributed by atoms with Crippen molar-refractivity contribution in [3.8, 4) is 0 Å². The van der Waals surface area contributed by atoms with Crippen molar-refractivity contribution < 1.29 is 9.18 Å². The molecular formula is C24H22FN3O. The molecule has 1 amide bonds. The van der Waals surface area contributed by atoms with Crippen LogP contribution in [0.4, 0.5) is 15.9 Å². The molecule has 146 valence electrons. The van der Waals surface area contributed by atoms with Gasteiger partial charge in [-0.25, -0.2) is 9.37 Å². The van der Waals surface area contributed by atoms with Crippen LogP contribution in [0.15, 0.2) is 79.0 Å². The van der Waals surface area contributed by atoms with Crippen molar-refractivity contribution >= 4 is 23.0 Å². The average Bonchev–Trinajstić information content (AvgIpc) is 2.79. The third-order valence-electron chi connectivity index (χ3n) is 5.19. The number of hydrogen-bond donors (Lipinski definition) is 0. The van der Waals surface area contributed by atoms with Crippen LogP contribution in [0.2, 0.25) is 0 Å².